The van der Waals surface area contributed by atoms with E-state index in [1.165, 1.54) is 11.6 Å². The van der Waals surface area contributed by atoms with Gasteiger partial charge >= 0.3 is 11.7 Å². The van der Waals surface area contributed by atoms with E-state index in [1.54, 1.807) is 18.7 Å². The molecule has 0 aliphatic carbocycles. The Morgan fingerprint density at radius 3 is 2.33 bits per heavy atom. The number of imidazole rings is 1. The van der Waals surface area contributed by atoms with Crippen molar-refractivity contribution in [3.05, 3.63) is 80.5 Å². The first-order valence-corrected chi connectivity index (χ1v) is 9.43. The summed E-state index contributed by atoms with van der Waals surface area (Å²) in [5, 5.41) is 0. The topological polar surface area (TPSA) is 80.3 Å². The van der Waals surface area contributed by atoms with Gasteiger partial charge in [-0.1, -0.05) is 30.3 Å². The van der Waals surface area contributed by atoms with E-state index < -0.39 is 11.2 Å². The summed E-state index contributed by atoms with van der Waals surface area (Å²) in [7, 11) is 4.65. The summed E-state index contributed by atoms with van der Waals surface area (Å²) in [6, 6.07) is 15.3. The van der Waals surface area contributed by atoms with E-state index in [0.29, 0.717) is 17.8 Å². The van der Waals surface area contributed by atoms with Gasteiger partial charge in [0, 0.05) is 14.1 Å². The highest BCUT2D eigenvalue weighted by Gasteiger charge is 2.21. The number of ether oxygens (including phenoxy) is 2. The molecule has 0 amide bonds. The molecule has 0 saturated heterocycles. The molecule has 0 spiro atoms. The molecule has 0 bridgehead atoms. The Balaban J connectivity index is 1.93. The molecule has 0 unspecified atom stereocenters. The average molecular weight is 406 g/mol. The second-order valence-electron chi connectivity index (χ2n) is 7.07. The fourth-order valence-electron chi connectivity index (χ4n) is 3.33. The van der Waals surface area contributed by atoms with Crippen LogP contribution >= 0.6 is 0 Å². The number of rotatable bonds is 5. The van der Waals surface area contributed by atoms with E-state index in [4.69, 9.17) is 9.47 Å². The van der Waals surface area contributed by atoms with E-state index in [-0.39, 0.29) is 11.7 Å². The van der Waals surface area contributed by atoms with Crippen molar-refractivity contribution >= 4 is 11.2 Å². The quantitative estimate of drug-likeness (QED) is 0.509. The second-order valence-corrected chi connectivity index (χ2v) is 7.07. The molecule has 0 saturated carbocycles. The van der Waals surface area contributed by atoms with Crippen molar-refractivity contribution < 1.29 is 9.47 Å². The van der Waals surface area contributed by atoms with Crippen molar-refractivity contribution in [2.45, 2.75) is 13.5 Å². The van der Waals surface area contributed by atoms with Gasteiger partial charge in [-0.3, -0.25) is 18.5 Å². The minimum Gasteiger partial charge on any atom is -0.497 e. The molecule has 2 aromatic heterocycles. The van der Waals surface area contributed by atoms with Crippen LogP contribution in [0, 0.1) is 6.92 Å². The van der Waals surface area contributed by atoms with Crippen LogP contribution in [0.4, 0.5) is 0 Å². The highest BCUT2D eigenvalue weighted by molar-refractivity contribution is 5.72. The van der Waals surface area contributed by atoms with Gasteiger partial charge in [-0.25, -0.2) is 4.79 Å². The Morgan fingerprint density at radius 2 is 1.67 bits per heavy atom. The zero-order valence-electron chi connectivity index (χ0n) is 17.2. The summed E-state index contributed by atoms with van der Waals surface area (Å²) >= 11 is 0. The highest BCUT2D eigenvalue weighted by Crippen LogP contribution is 2.27. The maximum absolute atomic E-state index is 13.0. The summed E-state index contributed by atoms with van der Waals surface area (Å²) in [4.78, 5) is 29.9. The number of benzene rings is 2. The Hall–Kier alpha value is -3.81. The number of para-hydroxylation sites is 1. The highest BCUT2D eigenvalue weighted by atomic mass is 16.5. The lowest BCUT2D eigenvalue weighted by Gasteiger charge is -2.12. The van der Waals surface area contributed by atoms with Crippen LogP contribution in [-0.4, -0.2) is 25.8 Å². The van der Waals surface area contributed by atoms with Crippen LogP contribution in [0.1, 0.15) is 11.1 Å². The van der Waals surface area contributed by atoms with E-state index in [2.05, 4.69) is 4.98 Å². The molecule has 0 fully saturated rings. The summed E-state index contributed by atoms with van der Waals surface area (Å²) in [6.45, 7) is 2.27. The van der Waals surface area contributed by atoms with Crippen molar-refractivity contribution in [2.24, 2.45) is 14.1 Å². The predicted octanol–water partition coefficient (Wildman–Crippen LogP) is 2.59. The zero-order chi connectivity index (χ0) is 21.4. The van der Waals surface area contributed by atoms with Gasteiger partial charge in [0.15, 0.2) is 11.2 Å². The molecule has 8 nitrogen and oxygen atoms in total. The number of aromatic nitrogens is 4. The molecule has 0 aliphatic rings. The monoisotopic (exact) mass is 406 g/mol. The van der Waals surface area contributed by atoms with E-state index in [0.717, 1.165) is 21.4 Å². The van der Waals surface area contributed by atoms with Crippen LogP contribution in [0.15, 0.2) is 58.1 Å². The zero-order valence-corrected chi connectivity index (χ0v) is 17.2. The first kappa shape index (κ1) is 19.5. The molecular weight excluding hydrogens is 384 g/mol. The Labute approximate surface area is 172 Å². The minimum absolute atomic E-state index is 0.244. The summed E-state index contributed by atoms with van der Waals surface area (Å²) < 4.78 is 15.4. The molecule has 2 heterocycles. The molecule has 2 aromatic carbocycles. The number of methoxy groups -OCH3 is 1. The van der Waals surface area contributed by atoms with E-state index in [9.17, 15) is 9.59 Å². The third kappa shape index (κ3) is 3.26. The molecule has 0 N–H and O–H groups in total. The van der Waals surface area contributed by atoms with Crippen LogP contribution in [0.5, 0.6) is 17.5 Å². The lowest BCUT2D eigenvalue weighted by Crippen LogP contribution is -2.37. The number of aryl methyl sites for hydroxylation is 2. The molecule has 0 atom stereocenters. The van der Waals surface area contributed by atoms with Gasteiger partial charge in [-0.2, -0.15) is 4.98 Å². The maximum atomic E-state index is 13.0. The molecule has 4 aromatic rings. The number of fused-ring (bicyclic) bond motifs is 1. The Bertz CT molecular complexity index is 1350. The standard InChI is InChI=1S/C22H22N4O4/c1-14-7-5-6-8-17(14)30-21-23-19-18(20(27)25(3)22(28)24(19)2)26(21)13-15-9-11-16(29-4)12-10-15/h5-12H,13H2,1-4H3. The smallest absolute Gasteiger partial charge is 0.332 e. The molecule has 154 valence electrons. The third-order valence-corrected chi connectivity index (χ3v) is 5.11. The summed E-state index contributed by atoms with van der Waals surface area (Å²) in [5.74, 6) is 1.37. The molecule has 0 aliphatic heterocycles. The molecule has 0 radical (unpaired) electrons. The van der Waals surface area contributed by atoms with Crippen LogP contribution in [0.3, 0.4) is 0 Å². The van der Waals surface area contributed by atoms with Gasteiger partial charge in [0.1, 0.15) is 11.5 Å². The number of hydrogen-bond acceptors (Lipinski definition) is 5. The minimum atomic E-state index is -0.441. The fourth-order valence-corrected chi connectivity index (χ4v) is 3.33. The first-order valence-electron chi connectivity index (χ1n) is 9.43. The number of nitrogens with zero attached hydrogens (tertiary/aromatic N) is 4. The first-order chi connectivity index (χ1) is 14.4. The van der Waals surface area contributed by atoms with Crippen molar-refractivity contribution in [2.75, 3.05) is 7.11 Å². The molecule has 8 heteroatoms. The summed E-state index contributed by atoms with van der Waals surface area (Å²) in [5.41, 5.74) is 1.58. The van der Waals surface area contributed by atoms with Crippen LogP contribution in [0.2, 0.25) is 0 Å². The van der Waals surface area contributed by atoms with Crippen LogP contribution < -0.4 is 20.7 Å². The SMILES string of the molecule is COc1ccc(Cn2c(Oc3ccccc3C)nc3c2c(=O)n(C)c(=O)n3C)cc1. The molecular formula is C22H22N4O4. The van der Waals surface area contributed by atoms with Crippen molar-refractivity contribution in [1.82, 2.24) is 18.7 Å². The Morgan fingerprint density at radius 1 is 0.967 bits per heavy atom. The van der Waals surface area contributed by atoms with E-state index >= 15 is 0 Å². The largest absolute Gasteiger partial charge is 0.497 e. The third-order valence-electron chi connectivity index (χ3n) is 5.11. The van der Waals surface area contributed by atoms with Crippen LogP contribution in [0.25, 0.3) is 11.2 Å². The van der Waals surface area contributed by atoms with Crippen molar-refractivity contribution in [3.8, 4) is 17.5 Å². The van der Waals surface area contributed by atoms with Gasteiger partial charge in [-0.05, 0) is 36.2 Å². The lowest BCUT2D eigenvalue weighted by atomic mass is 10.2. The van der Waals surface area contributed by atoms with Gasteiger partial charge in [-0.15, -0.1) is 0 Å². The molecule has 30 heavy (non-hydrogen) atoms. The summed E-state index contributed by atoms with van der Waals surface area (Å²) in [6.07, 6.45) is 0. The van der Waals surface area contributed by atoms with Crippen LogP contribution in [-0.2, 0) is 20.6 Å². The average Bonchev–Trinajstić information content (AvgIpc) is 3.11. The molecule has 4 rings (SSSR count). The fraction of sp³-hybridized carbons (Fsp3) is 0.227. The Kier molecular flexibility index (Phi) is 4.91. The van der Waals surface area contributed by atoms with Gasteiger partial charge < -0.3 is 9.47 Å². The van der Waals surface area contributed by atoms with Crippen molar-refractivity contribution in [3.63, 3.8) is 0 Å². The van der Waals surface area contributed by atoms with Crippen molar-refractivity contribution in [1.29, 1.82) is 0 Å². The number of hydrogen-bond donors (Lipinski definition) is 0. The lowest BCUT2D eigenvalue weighted by molar-refractivity contribution is 0.413. The normalized spacial score (nSPS) is 11.1. The van der Waals surface area contributed by atoms with Gasteiger partial charge in [0.25, 0.3) is 5.56 Å². The maximum Gasteiger partial charge on any atom is 0.332 e. The van der Waals surface area contributed by atoms with Gasteiger partial charge in [0.2, 0.25) is 0 Å². The van der Waals surface area contributed by atoms with Gasteiger partial charge in [0.05, 0.1) is 13.7 Å². The second kappa shape index (κ2) is 7.55. The van der Waals surface area contributed by atoms with E-state index in [1.807, 2.05) is 55.5 Å². The predicted molar refractivity (Wildman–Crippen MR) is 114 cm³/mol.